The van der Waals surface area contributed by atoms with Gasteiger partial charge in [0.2, 0.25) is 5.95 Å². The standard InChI is InChI=1S/C22H26ClN5O/c1-16(2)15-28-20-6-4-3-5-19(20)25-21(28)26-11-13-27(14-12-26)22(29)24-18-9-7-17(23)8-10-18/h3-10,16H,11-15H2,1-2H3,(H,24,29). The van der Waals surface area contributed by atoms with E-state index in [9.17, 15) is 4.79 Å². The average molecular weight is 412 g/mol. The van der Waals surface area contributed by atoms with Gasteiger partial charge in [0.25, 0.3) is 0 Å². The Morgan fingerprint density at radius 1 is 1.07 bits per heavy atom. The molecule has 1 aliphatic rings. The monoisotopic (exact) mass is 411 g/mol. The number of rotatable bonds is 4. The van der Waals surface area contributed by atoms with Crippen molar-refractivity contribution >= 4 is 40.3 Å². The normalized spacial score (nSPS) is 14.6. The highest BCUT2D eigenvalue weighted by Crippen LogP contribution is 2.25. The summed E-state index contributed by atoms with van der Waals surface area (Å²) >= 11 is 5.91. The second-order valence-corrected chi connectivity index (χ2v) is 8.25. The van der Waals surface area contributed by atoms with E-state index in [-0.39, 0.29) is 6.03 Å². The van der Waals surface area contributed by atoms with Crippen LogP contribution in [0.15, 0.2) is 48.5 Å². The molecule has 3 aromatic rings. The zero-order chi connectivity index (χ0) is 20.4. The fourth-order valence-electron chi connectivity index (χ4n) is 3.69. The lowest BCUT2D eigenvalue weighted by atomic mass is 10.2. The van der Waals surface area contributed by atoms with Gasteiger partial charge in [0.15, 0.2) is 0 Å². The molecule has 1 N–H and O–H groups in total. The Hall–Kier alpha value is -2.73. The fraction of sp³-hybridized carbons (Fsp3) is 0.364. The number of hydrogen-bond donors (Lipinski definition) is 1. The summed E-state index contributed by atoms with van der Waals surface area (Å²) in [6.45, 7) is 8.20. The Morgan fingerprint density at radius 3 is 2.45 bits per heavy atom. The summed E-state index contributed by atoms with van der Waals surface area (Å²) in [5.74, 6) is 1.52. The number of nitrogens with one attached hydrogen (secondary N) is 1. The number of amides is 2. The predicted octanol–water partition coefficient (Wildman–Crippen LogP) is 4.70. The van der Waals surface area contributed by atoms with Gasteiger partial charge in [-0.3, -0.25) is 0 Å². The van der Waals surface area contributed by atoms with E-state index in [1.807, 2.05) is 23.1 Å². The number of anilines is 2. The Morgan fingerprint density at radius 2 is 1.76 bits per heavy atom. The van der Waals surface area contributed by atoms with Crippen LogP contribution in [0.3, 0.4) is 0 Å². The zero-order valence-corrected chi connectivity index (χ0v) is 17.6. The SMILES string of the molecule is CC(C)Cn1c(N2CCN(C(=O)Nc3ccc(Cl)cc3)CC2)nc2ccccc21. The van der Waals surface area contributed by atoms with Crippen molar-refractivity contribution in [3.63, 3.8) is 0 Å². The first-order chi connectivity index (χ1) is 14.0. The highest BCUT2D eigenvalue weighted by Gasteiger charge is 2.25. The van der Waals surface area contributed by atoms with Gasteiger partial charge in [0, 0.05) is 43.4 Å². The quantitative estimate of drug-likeness (QED) is 0.677. The van der Waals surface area contributed by atoms with Gasteiger partial charge in [-0.1, -0.05) is 37.6 Å². The first-order valence-electron chi connectivity index (χ1n) is 10.0. The molecule has 2 heterocycles. The van der Waals surface area contributed by atoms with Crippen LogP contribution in [0.5, 0.6) is 0 Å². The van der Waals surface area contributed by atoms with Gasteiger partial charge in [-0.2, -0.15) is 0 Å². The van der Waals surface area contributed by atoms with Crippen LogP contribution in [-0.4, -0.2) is 46.7 Å². The zero-order valence-electron chi connectivity index (χ0n) is 16.8. The van der Waals surface area contributed by atoms with Crippen molar-refractivity contribution in [3.05, 3.63) is 53.6 Å². The molecule has 1 saturated heterocycles. The third-order valence-electron chi connectivity index (χ3n) is 5.13. The topological polar surface area (TPSA) is 53.4 Å². The number of aromatic nitrogens is 2. The number of fused-ring (bicyclic) bond motifs is 1. The van der Waals surface area contributed by atoms with Crippen molar-refractivity contribution in [3.8, 4) is 0 Å². The molecular weight excluding hydrogens is 386 g/mol. The van der Waals surface area contributed by atoms with Crippen LogP contribution in [0.1, 0.15) is 13.8 Å². The first-order valence-corrected chi connectivity index (χ1v) is 10.4. The van der Waals surface area contributed by atoms with Gasteiger partial charge in [-0.25, -0.2) is 9.78 Å². The summed E-state index contributed by atoms with van der Waals surface area (Å²) in [6.07, 6.45) is 0. The second kappa shape index (κ2) is 8.33. The van der Waals surface area contributed by atoms with Crippen molar-refractivity contribution < 1.29 is 4.79 Å². The Kier molecular flexibility index (Phi) is 5.62. The maximum absolute atomic E-state index is 12.6. The molecule has 29 heavy (non-hydrogen) atoms. The molecule has 1 aliphatic heterocycles. The van der Waals surface area contributed by atoms with Crippen molar-refractivity contribution in [1.29, 1.82) is 0 Å². The van der Waals surface area contributed by atoms with E-state index >= 15 is 0 Å². The Labute approximate surface area is 176 Å². The van der Waals surface area contributed by atoms with Gasteiger partial charge in [0.1, 0.15) is 0 Å². The summed E-state index contributed by atoms with van der Waals surface area (Å²) in [5, 5.41) is 3.60. The molecule has 0 unspecified atom stereocenters. The number of urea groups is 1. The molecule has 2 aromatic carbocycles. The Bertz CT molecular complexity index is 990. The number of carbonyl (C=O) groups is 1. The predicted molar refractivity (Wildman–Crippen MR) is 119 cm³/mol. The molecule has 0 aliphatic carbocycles. The Balaban J connectivity index is 1.45. The van der Waals surface area contributed by atoms with E-state index in [2.05, 4.69) is 46.8 Å². The van der Waals surface area contributed by atoms with Gasteiger partial charge in [-0.05, 0) is 42.3 Å². The van der Waals surface area contributed by atoms with Crippen molar-refractivity contribution in [2.75, 3.05) is 36.4 Å². The number of piperazine rings is 1. The van der Waals surface area contributed by atoms with Crippen LogP contribution < -0.4 is 10.2 Å². The first kappa shape index (κ1) is 19.6. The molecule has 4 rings (SSSR count). The van der Waals surface area contributed by atoms with E-state index in [0.29, 0.717) is 24.0 Å². The molecule has 152 valence electrons. The molecule has 0 atom stereocenters. The molecule has 0 saturated carbocycles. The molecular formula is C22H26ClN5O. The minimum absolute atomic E-state index is 0.0809. The van der Waals surface area contributed by atoms with Crippen LogP contribution in [0.2, 0.25) is 5.02 Å². The highest BCUT2D eigenvalue weighted by molar-refractivity contribution is 6.30. The lowest BCUT2D eigenvalue weighted by molar-refractivity contribution is 0.208. The maximum Gasteiger partial charge on any atom is 0.321 e. The number of carbonyl (C=O) groups excluding carboxylic acids is 1. The van der Waals surface area contributed by atoms with Crippen LogP contribution in [-0.2, 0) is 6.54 Å². The van der Waals surface area contributed by atoms with Crippen LogP contribution >= 0.6 is 11.6 Å². The molecule has 0 spiro atoms. The van der Waals surface area contributed by atoms with E-state index < -0.39 is 0 Å². The molecule has 0 bridgehead atoms. The summed E-state index contributed by atoms with van der Waals surface area (Å²) in [4.78, 5) is 21.6. The van der Waals surface area contributed by atoms with Gasteiger partial charge < -0.3 is 19.7 Å². The van der Waals surface area contributed by atoms with Crippen molar-refractivity contribution in [2.24, 2.45) is 5.92 Å². The molecule has 0 radical (unpaired) electrons. The number of para-hydroxylation sites is 2. The van der Waals surface area contributed by atoms with Crippen LogP contribution in [0.4, 0.5) is 16.4 Å². The summed E-state index contributed by atoms with van der Waals surface area (Å²) in [5.41, 5.74) is 2.94. The van der Waals surface area contributed by atoms with Gasteiger partial charge in [-0.15, -0.1) is 0 Å². The smallest absolute Gasteiger partial charge is 0.321 e. The molecule has 7 heteroatoms. The van der Waals surface area contributed by atoms with Crippen molar-refractivity contribution in [1.82, 2.24) is 14.5 Å². The van der Waals surface area contributed by atoms with Gasteiger partial charge >= 0.3 is 6.03 Å². The van der Waals surface area contributed by atoms with Gasteiger partial charge in [0.05, 0.1) is 11.0 Å². The lowest BCUT2D eigenvalue weighted by Crippen LogP contribution is -2.50. The fourth-order valence-corrected chi connectivity index (χ4v) is 3.82. The minimum Gasteiger partial charge on any atom is -0.339 e. The number of imidazole rings is 1. The maximum atomic E-state index is 12.6. The second-order valence-electron chi connectivity index (χ2n) is 7.82. The average Bonchev–Trinajstić information content (AvgIpc) is 3.08. The summed E-state index contributed by atoms with van der Waals surface area (Å²) < 4.78 is 2.31. The number of benzene rings is 2. The summed E-state index contributed by atoms with van der Waals surface area (Å²) in [6, 6.07) is 15.4. The summed E-state index contributed by atoms with van der Waals surface area (Å²) in [7, 11) is 0. The molecule has 1 fully saturated rings. The van der Waals surface area contributed by atoms with E-state index in [1.165, 1.54) is 5.52 Å². The number of nitrogens with zero attached hydrogens (tertiary/aromatic N) is 4. The van der Waals surface area contributed by atoms with Crippen LogP contribution in [0, 0.1) is 5.92 Å². The minimum atomic E-state index is -0.0809. The van der Waals surface area contributed by atoms with Crippen molar-refractivity contribution in [2.45, 2.75) is 20.4 Å². The van der Waals surface area contributed by atoms with E-state index in [4.69, 9.17) is 16.6 Å². The molecule has 6 nitrogen and oxygen atoms in total. The van der Waals surface area contributed by atoms with E-state index in [1.54, 1.807) is 12.1 Å². The number of halogens is 1. The van der Waals surface area contributed by atoms with E-state index in [0.717, 1.165) is 36.8 Å². The third kappa shape index (κ3) is 4.32. The molecule has 2 amide bonds. The largest absolute Gasteiger partial charge is 0.339 e. The van der Waals surface area contributed by atoms with Crippen LogP contribution in [0.25, 0.3) is 11.0 Å². The lowest BCUT2D eigenvalue weighted by Gasteiger charge is -2.35. The highest BCUT2D eigenvalue weighted by atomic mass is 35.5. The number of hydrogen-bond acceptors (Lipinski definition) is 3. The third-order valence-corrected chi connectivity index (χ3v) is 5.38. The molecule has 1 aromatic heterocycles.